The van der Waals surface area contributed by atoms with Gasteiger partial charge in [-0.25, -0.2) is 0 Å². The van der Waals surface area contributed by atoms with Gasteiger partial charge < -0.3 is 28.5 Å². The minimum absolute atomic E-state index is 0. The minimum Gasteiger partial charge on any atom is -1.00 e. The molecular weight excluding hydrogens is 441 g/mol. The van der Waals surface area contributed by atoms with Crippen molar-refractivity contribution < 1.29 is 28.5 Å². The molecule has 0 aromatic rings. The van der Waals surface area contributed by atoms with Crippen LogP contribution in [0, 0.1) is 0 Å². The third-order valence-electron chi connectivity index (χ3n) is 5.68. The van der Waals surface area contributed by atoms with Crippen LogP contribution >= 0.6 is 0 Å². The highest BCUT2D eigenvalue weighted by atomic mass is 127. The number of halogens is 1. The fraction of sp³-hybridized carbons (Fsp3) is 1.00. The van der Waals surface area contributed by atoms with Gasteiger partial charge in [0, 0.05) is 0 Å². The van der Waals surface area contributed by atoms with Gasteiger partial charge in [-0.15, -0.1) is 0 Å². The molecular formula is C25H54IN. The first-order valence-electron chi connectivity index (χ1n) is 12.4. The predicted molar refractivity (Wildman–Crippen MR) is 121 cm³/mol. The van der Waals surface area contributed by atoms with E-state index in [1.165, 1.54) is 135 Å². The molecule has 0 fully saturated rings. The summed E-state index contributed by atoms with van der Waals surface area (Å²) < 4.78 is 1.12. The zero-order valence-corrected chi connectivity index (χ0v) is 21.8. The number of quaternary nitrogens is 1. The van der Waals surface area contributed by atoms with Crippen molar-refractivity contribution in [1.82, 2.24) is 0 Å². The Kier molecular flexibility index (Phi) is 25.4. The first-order chi connectivity index (χ1) is 12.6. The van der Waals surface area contributed by atoms with Gasteiger partial charge in [-0.3, -0.25) is 0 Å². The second-order valence-electron chi connectivity index (χ2n) is 9.73. The molecule has 1 nitrogen and oxygen atoms in total. The van der Waals surface area contributed by atoms with Crippen LogP contribution in [0.3, 0.4) is 0 Å². The second kappa shape index (κ2) is 23.0. The van der Waals surface area contributed by atoms with E-state index in [0.29, 0.717) is 0 Å². The van der Waals surface area contributed by atoms with Gasteiger partial charge in [-0.2, -0.15) is 0 Å². The molecule has 0 unspecified atom stereocenters. The molecule has 0 rings (SSSR count). The zero-order chi connectivity index (χ0) is 19.3. The number of unbranched alkanes of at least 4 members (excludes halogenated alkanes) is 19. The molecule has 0 spiro atoms. The van der Waals surface area contributed by atoms with Crippen molar-refractivity contribution in [2.24, 2.45) is 0 Å². The molecule has 0 radical (unpaired) electrons. The first-order valence-corrected chi connectivity index (χ1v) is 12.4. The smallest absolute Gasteiger partial charge is 0.0780 e. The van der Waals surface area contributed by atoms with Crippen LogP contribution in [0.4, 0.5) is 0 Å². The molecule has 0 saturated carbocycles. The summed E-state index contributed by atoms with van der Waals surface area (Å²) in [6, 6.07) is 0. The predicted octanol–water partition coefficient (Wildman–Crippen LogP) is 5.52. The van der Waals surface area contributed by atoms with Gasteiger partial charge in [0.25, 0.3) is 0 Å². The van der Waals surface area contributed by atoms with Crippen molar-refractivity contribution in [3.8, 4) is 0 Å². The molecule has 0 aliphatic carbocycles. The summed E-state index contributed by atoms with van der Waals surface area (Å²) in [5, 5.41) is 0. The Bertz CT molecular complexity index is 260. The molecule has 0 aliphatic rings. The quantitative estimate of drug-likeness (QED) is 0.112. The maximum atomic E-state index is 2.30. The van der Waals surface area contributed by atoms with Gasteiger partial charge in [0.05, 0.1) is 27.7 Å². The summed E-state index contributed by atoms with van der Waals surface area (Å²) in [5.41, 5.74) is 0. The van der Waals surface area contributed by atoms with Crippen LogP contribution < -0.4 is 24.0 Å². The summed E-state index contributed by atoms with van der Waals surface area (Å²) in [5.74, 6) is 0. The molecule has 0 heterocycles. The van der Waals surface area contributed by atoms with Gasteiger partial charge in [0.2, 0.25) is 0 Å². The van der Waals surface area contributed by atoms with E-state index in [1.54, 1.807) is 0 Å². The average molecular weight is 496 g/mol. The fourth-order valence-corrected chi connectivity index (χ4v) is 3.84. The molecule has 0 bridgehead atoms. The maximum absolute atomic E-state index is 2.30. The number of hydrogen-bond donors (Lipinski definition) is 0. The monoisotopic (exact) mass is 495 g/mol. The van der Waals surface area contributed by atoms with Gasteiger partial charge in [-0.05, 0) is 12.8 Å². The van der Waals surface area contributed by atoms with Gasteiger partial charge in [0.1, 0.15) is 0 Å². The largest absolute Gasteiger partial charge is 1.00 e. The number of rotatable bonds is 21. The fourth-order valence-electron chi connectivity index (χ4n) is 3.84. The Morgan fingerprint density at radius 1 is 0.370 bits per heavy atom. The van der Waals surface area contributed by atoms with Crippen LogP contribution in [0.5, 0.6) is 0 Å². The molecule has 2 heteroatoms. The number of hydrogen-bond acceptors (Lipinski definition) is 0. The maximum Gasteiger partial charge on any atom is 0.0780 e. The van der Waals surface area contributed by atoms with Gasteiger partial charge >= 0.3 is 0 Å². The lowest BCUT2D eigenvalue weighted by atomic mass is 10.0. The van der Waals surface area contributed by atoms with E-state index in [-0.39, 0.29) is 24.0 Å². The van der Waals surface area contributed by atoms with Crippen LogP contribution in [0.25, 0.3) is 0 Å². The Balaban J connectivity index is 0. The highest BCUT2D eigenvalue weighted by Gasteiger charge is 2.04. The van der Waals surface area contributed by atoms with E-state index in [1.807, 2.05) is 0 Å². The van der Waals surface area contributed by atoms with Crippen LogP contribution in [0.15, 0.2) is 0 Å². The molecule has 0 atom stereocenters. The third-order valence-corrected chi connectivity index (χ3v) is 5.68. The molecule has 0 aliphatic heterocycles. The highest BCUT2D eigenvalue weighted by Crippen LogP contribution is 2.14. The zero-order valence-electron chi connectivity index (χ0n) is 19.7. The van der Waals surface area contributed by atoms with Crippen molar-refractivity contribution in [2.75, 3.05) is 27.7 Å². The molecule has 27 heavy (non-hydrogen) atoms. The summed E-state index contributed by atoms with van der Waals surface area (Å²) in [6.07, 6.45) is 29.3. The van der Waals surface area contributed by atoms with E-state index >= 15 is 0 Å². The van der Waals surface area contributed by atoms with E-state index in [2.05, 4.69) is 28.1 Å². The minimum atomic E-state index is 0. The lowest BCUT2D eigenvalue weighted by molar-refractivity contribution is -0.870. The SMILES string of the molecule is CCCCCCCCCCCCCCCCCCCCCC[N+](C)(C)C.[I-]. The van der Waals surface area contributed by atoms with Gasteiger partial charge in [0.15, 0.2) is 0 Å². The van der Waals surface area contributed by atoms with Crippen molar-refractivity contribution in [3.63, 3.8) is 0 Å². The summed E-state index contributed by atoms with van der Waals surface area (Å²) in [7, 11) is 6.90. The van der Waals surface area contributed by atoms with Crippen molar-refractivity contribution in [1.29, 1.82) is 0 Å². The van der Waals surface area contributed by atoms with Crippen LogP contribution in [0.1, 0.15) is 135 Å². The van der Waals surface area contributed by atoms with Crippen molar-refractivity contribution >= 4 is 0 Å². The molecule has 166 valence electrons. The van der Waals surface area contributed by atoms with Crippen LogP contribution in [-0.4, -0.2) is 32.2 Å². The Morgan fingerprint density at radius 3 is 0.815 bits per heavy atom. The van der Waals surface area contributed by atoms with Crippen molar-refractivity contribution in [2.45, 2.75) is 135 Å². The van der Waals surface area contributed by atoms with Crippen LogP contribution in [0.2, 0.25) is 0 Å². The van der Waals surface area contributed by atoms with Crippen molar-refractivity contribution in [3.05, 3.63) is 0 Å². The normalized spacial score (nSPS) is 11.6. The molecule has 0 saturated heterocycles. The van der Waals surface area contributed by atoms with E-state index in [9.17, 15) is 0 Å². The Morgan fingerprint density at radius 2 is 0.593 bits per heavy atom. The standard InChI is InChI=1S/C25H54N.HI/c1-5-6-7-8-9-10-11-12-13-14-15-16-17-18-19-20-21-22-23-24-25-26(2,3)4;/h5-25H2,1-4H3;1H/q+1;/p-1. The Hall–Kier alpha value is 0.690. The van der Waals surface area contributed by atoms with Gasteiger partial charge in [-0.1, -0.05) is 122 Å². The van der Waals surface area contributed by atoms with E-state index in [4.69, 9.17) is 0 Å². The summed E-state index contributed by atoms with van der Waals surface area (Å²) in [4.78, 5) is 0. The molecule has 0 N–H and O–H groups in total. The average Bonchev–Trinajstić information content (AvgIpc) is 2.59. The third kappa shape index (κ3) is 29.0. The first kappa shape index (κ1) is 29.9. The molecule has 0 amide bonds. The second-order valence-corrected chi connectivity index (χ2v) is 9.73. The Labute approximate surface area is 191 Å². The lowest BCUT2D eigenvalue weighted by Gasteiger charge is -2.23. The highest BCUT2D eigenvalue weighted by molar-refractivity contribution is 4.50. The van der Waals surface area contributed by atoms with E-state index < -0.39 is 0 Å². The summed E-state index contributed by atoms with van der Waals surface area (Å²) in [6.45, 7) is 3.63. The van der Waals surface area contributed by atoms with E-state index in [0.717, 1.165) is 4.48 Å². The van der Waals surface area contributed by atoms with Crippen LogP contribution in [-0.2, 0) is 0 Å². The topological polar surface area (TPSA) is 0 Å². The summed E-state index contributed by atoms with van der Waals surface area (Å²) >= 11 is 0. The molecule has 0 aromatic carbocycles. The molecule has 0 aromatic heterocycles. The lowest BCUT2D eigenvalue weighted by Crippen LogP contribution is -3.00. The number of nitrogens with zero attached hydrogens (tertiary/aromatic N) is 1.